The highest BCUT2D eigenvalue weighted by atomic mass is 79.9. The van der Waals surface area contributed by atoms with Crippen LogP contribution in [0.1, 0.15) is 10.4 Å². The summed E-state index contributed by atoms with van der Waals surface area (Å²) in [6.07, 6.45) is 2.78. The second-order valence-corrected chi connectivity index (χ2v) is 4.06. The maximum absolute atomic E-state index is 12.8. The van der Waals surface area contributed by atoms with Gasteiger partial charge in [-0.1, -0.05) is 0 Å². The summed E-state index contributed by atoms with van der Waals surface area (Å²) in [4.78, 5) is 11.8. The Kier molecular flexibility index (Phi) is 3.43. The minimum atomic E-state index is -0.375. The van der Waals surface area contributed by atoms with E-state index < -0.39 is 0 Å². The Hall–Kier alpha value is -1.82. The topological polar surface area (TPSA) is 54.9 Å². The zero-order valence-electron chi connectivity index (χ0n) is 8.52. The van der Waals surface area contributed by atoms with Crippen molar-refractivity contribution in [2.24, 2.45) is 0 Å². The van der Waals surface area contributed by atoms with Crippen LogP contribution in [0.5, 0.6) is 0 Å². The average Bonchev–Trinajstić information content (AvgIpc) is 2.34. The van der Waals surface area contributed by atoms with Gasteiger partial charge in [-0.3, -0.25) is 4.79 Å². The molecule has 1 N–H and O–H groups in total. The Morgan fingerprint density at radius 1 is 1.29 bits per heavy atom. The molecular weight excluding hydrogens is 289 g/mol. The lowest BCUT2D eigenvalue weighted by molar-refractivity contribution is 0.102. The number of amides is 1. The SMILES string of the molecule is O=C(Nc1ccc(F)cc1Br)c1ccnnc1. The van der Waals surface area contributed by atoms with Crippen molar-refractivity contribution >= 4 is 27.5 Å². The molecule has 0 radical (unpaired) electrons. The van der Waals surface area contributed by atoms with Crippen molar-refractivity contribution < 1.29 is 9.18 Å². The molecule has 0 aliphatic heterocycles. The van der Waals surface area contributed by atoms with E-state index in [4.69, 9.17) is 0 Å². The van der Waals surface area contributed by atoms with Gasteiger partial charge in [0, 0.05) is 4.47 Å². The third-order valence-electron chi connectivity index (χ3n) is 2.03. The Morgan fingerprint density at radius 3 is 2.76 bits per heavy atom. The number of rotatable bonds is 2. The summed E-state index contributed by atoms with van der Waals surface area (Å²) < 4.78 is 13.3. The highest BCUT2D eigenvalue weighted by molar-refractivity contribution is 9.10. The fraction of sp³-hybridized carbons (Fsp3) is 0. The minimum Gasteiger partial charge on any atom is -0.321 e. The molecule has 0 saturated heterocycles. The number of anilines is 1. The summed E-state index contributed by atoms with van der Waals surface area (Å²) in [5.74, 6) is -0.701. The van der Waals surface area contributed by atoms with Crippen LogP contribution in [-0.4, -0.2) is 16.1 Å². The molecule has 0 aliphatic rings. The average molecular weight is 296 g/mol. The minimum absolute atomic E-state index is 0.327. The molecule has 17 heavy (non-hydrogen) atoms. The number of hydrogen-bond donors (Lipinski definition) is 1. The summed E-state index contributed by atoms with van der Waals surface area (Å²) in [5.41, 5.74) is 0.879. The Balaban J connectivity index is 2.19. The number of carbonyl (C=O) groups excluding carboxylic acids is 1. The van der Waals surface area contributed by atoms with Crippen LogP contribution in [0.15, 0.2) is 41.1 Å². The van der Waals surface area contributed by atoms with Gasteiger partial charge in [0.2, 0.25) is 0 Å². The number of carbonyl (C=O) groups is 1. The molecule has 1 aromatic heterocycles. The molecule has 2 aromatic rings. The third-order valence-corrected chi connectivity index (χ3v) is 2.68. The van der Waals surface area contributed by atoms with Crippen molar-refractivity contribution in [1.82, 2.24) is 10.2 Å². The molecule has 0 spiro atoms. The van der Waals surface area contributed by atoms with E-state index in [0.29, 0.717) is 15.7 Å². The molecule has 4 nitrogen and oxygen atoms in total. The predicted octanol–water partition coefficient (Wildman–Crippen LogP) is 2.63. The van der Waals surface area contributed by atoms with Crippen LogP contribution in [0.4, 0.5) is 10.1 Å². The number of halogens is 2. The van der Waals surface area contributed by atoms with Crippen LogP contribution in [0.25, 0.3) is 0 Å². The molecule has 0 bridgehead atoms. The van der Waals surface area contributed by atoms with E-state index in [0.717, 1.165) is 0 Å². The Labute approximate surface area is 105 Å². The standard InChI is InChI=1S/C11H7BrFN3O/c12-9-5-8(13)1-2-10(9)16-11(17)7-3-4-14-15-6-7/h1-6H,(H,16,17). The van der Waals surface area contributed by atoms with E-state index >= 15 is 0 Å². The molecule has 6 heteroatoms. The van der Waals surface area contributed by atoms with Gasteiger partial charge in [-0.25, -0.2) is 4.39 Å². The zero-order valence-corrected chi connectivity index (χ0v) is 10.1. The van der Waals surface area contributed by atoms with Gasteiger partial charge in [0.1, 0.15) is 5.82 Å². The number of nitrogens with one attached hydrogen (secondary N) is 1. The first-order valence-corrected chi connectivity index (χ1v) is 5.49. The van der Waals surface area contributed by atoms with Crippen molar-refractivity contribution in [3.8, 4) is 0 Å². The zero-order chi connectivity index (χ0) is 12.3. The molecule has 1 heterocycles. The van der Waals surface area contributed by atoms with Crippen molar-refractivity contribution in [2.75, 3.05) is 5.32 Å². The van der Waals surface area contributed by atoms with E-state index in [1.54, 1.807) is 6.07 Å². The van der Waals surface area contributed by atoms with Crippen LogP contribution in [0.3, 0.4) is 0 Å². The van der Waals surface area contributed by atoms with Crippen LogP contribution in [0, 0.1) is 5.82 Å². The molecule has 2 rings (SSSR count). The van der Waals surface area contributed by atoms with E-state index in [9.17, 15) is 9.18 Å². The number of aromatic nitrogens is 2. The number of nitrogens with zero attached hydrogens (tertiary/aromatic N) is 2. The highest BCUT2D eigenvalue weighted by Gasteiger charge is 2.08. The fourth-order valence-electron chi connectivity index (χ4n) is 1.21. The van der Waals surface area contributed by atoms with Crippen LogP contribution >= 0.6 is 15.9 Å². The molecule has 0 aliphatic carbocycles. The highest BCUT2D eigenvalue weighted by Crippen LogP contribution is 2.23. The van der Waals surface area contributed by atoms with E-state index in [-0.39, 0.29) is 11.7 Å². The Bertz CT molecular complexity index is 548. The third kappa shape index (κ3) is 2.85. The monoisotopic (exact) mass is 295 g/mol. The molecular formula is C11H7BrFN3O. The quantitative estimate of drug-likeness (QED) is 0.927. The summed E-state index contributed by atoms with van der Waals surface area (Å²) in [6.45, 7) is 0. The normalized spacial score (nSPS) is 10.0. The second kappa shape index (κ2) is 5.01. The first-order valence-electron chi connectivity index (χ1n) is 4.70. The smallest absolute Gasteiger partial charge is 0.257 e. The van der Waals surface area contributed by atoms with Gasteiger partial charge < -0.3 is 5.32 Å². The van der Waals surface area contributed by atoms with Crippen molar-refractivity contribution in [2.45, 2.75) is 0 Å². The van der Waals surface area contributed by atoms with Gasteiger partial charge in [0.15, 0.2) is 0 Å². The van der Waals surface area contributed by atoms with E-state index in [1.807, 2.05) is 0 Å². The van der Waals surface area contributed by atoms with Crippen LogP contribution in [-0.2, 0) is 0 Å². The largest absolute Gasteiger partial charge is 0.321 e. The molecule has 0 atom stereocenters. The molecule has 1 aromatic carbocycles. The van der Waals surface area contributed by atoms with Gasteiger partial charge in [-0.15, -0.1) is 0 Å². The van der Waals surface area contributed by atoms with Crippen molar-refractivity contribution in [3.05, 3.63) is 52.5 Å². The molecule has 0 unspecified atom stereocenters. The van der Waals surface area contributed by atoms with Gasteiger partial charge in [0.25, 0.3) is 5.91 Å². The van der Waals surface area contributed by atoms with E-state index in [2.05, 4.69) is 31.4 Å². The Morgan fingerprint density at radius 2 is 2.12 bits per heavy atom. The fourth-order valence-corrected chi connectivity index (χ4v) is 1.66. The van der Waals surface area contributed by atoms with Gasteiger partial charge in [-0.2, -0.15) is 10.2 Å². The van der Waals surface area contributed by atoms with Gasteiger partial charge >= 0.3 is 0 Å². The first-order chi connectivity index (χ1) is 8.16. The predicted molar refractivity (Wildman–Crippen MR) is 64.1 cm³/mol. The lowest BCUT2D eigenvalue weighted by atomic mass is 10.2. The van der Waals surface area contributed by atoms with Crippen molar-refractivity contribution in [1.29, 1.82) is 0 Å². The lowest BCUT2D eigenvalue weighted by Gasteiger charge is -2.06. The number of hydrogen-bond acceptors (Lipinski definition) is 3. The maximum Gasteiger partial charge on any atom is 0.257 e. The summed E-state index contributed by atoms with van der Waals surface area (Å²) in [6, 6.07) is 5.57. The van der Waals surface area contributed by atoms with E-state index in [1.165, 1.54) is 30.6 Å². The summed E-state index contributed by atoms with van der Waals surface area (Å²) >= 11 is 3.17. The maximum atomic E-state index is 12.8. The molecule has 0 saturated carbocycles. The first kappa shape index (κ1) is 11.7. The molecule has 0 fully saturated rings. The summed E-state index contributed by atoms with van der Waals surface area (Å²) in [7, 11) is 0. The van der Waals surface area contributed by atoms with Crippen molar-refractivity contribution in [3.63, 3.8) is 0 Å². The summed E-state index contributed by atoms with van der Waals surface area (Å²) in [5, 5.41) is 9.81. The van der Waals surface area contributed by atoms with Crippen LogP contribution < -0.4 is 5.32 Å². The van der Waals surface area contributed by atoms with Crippen LogP contribution in [0.2, 0.25) is 0 Å². The van der Waals surface area contributed by atoms with Gasteiger partial charge in [0.05, 0.1) is 23.6 Å². The molecule has 86 valence electrons. The molecule has 1 amide bonds. The number of benzene rings is 1. The second-order valence-electron chi connectivity index (χ2n) is 3.21. The van der Waals surface area contributed by atoms with Gasteiger partial charge in [-0.05, 0) is 40.2 Å². The lowest BCUT2D eigenvalue weighted by Crippen LogP contribution is -2.12.